The summed E-state index contributed by atoms with van der Waals surface area (Å²) in [5, 5.41) is 10.4. The van der Waals surface area contributed by atoms with Crippen molar-refractivity contribution in [2.75, 3.05) is 13.7 Å². The maximum Gasteiger partial charge on any atom is 0.192 e. The molecule has 33 heavy (non-hydrogen) atoms. The van der Waals surface area contributed by atoms with Crippen molar-refractivity contribution in [3.8, 4) is 28.3 Å². The number of hydrogen-bond acceptors (Lipinski definition) is 5. The number of fused-ring (bicyclic) bond motifs is 3. The maximum atomic E-state index is 5.99. The Morgan fingerprint density at radius 3 is 2.27 bits per heavy atom. The van der Waals surface area contributed by atoms with E-state index in [2.05, 4.69) is 63.3 Å². The molecule has 0 saturated carbocycles. The van der Waals surface area contributed by atoms with Crippen molar-refractivity contribution in [1.29, 1.82) is 0 Å². The summed E-state index contributed by atoms with van der Waals surface area (Å²) in [6, 6.07) is 25.4. The highest BCUT2D eigenvalue weighted by Gasteiger charge is 2.31. The van der Waals surface area contributed by atoms with Crippen molar-refractivity contribution < 1.29 is 9.47 Å². The molecule has 1 aliphatic heterocycles. The molecule has 166 valence electrons. The van der Waals surface area contributed by atoms with Gasteiger partial charge in [-0.3, -0.25) is 4.57 Å². The van der Waals surface area contributed by atoms with Crippen molar-refractivity contribution in [2.24, 2.45) is 0 Å². The van der Waals surface area contributed by atoms with Crippen LogP contribution >= 0.6 is 11.8 Å². The first-order valence-corrected chi connectivity index (χ1v) is 12.2. The molecule has 1 fully saturated rings. The van der Waals surface area contributed by atoms with E-state index in [4.69, 9.17) is 9.47 Å². The summed E-state index contributed by atoms with van der Waals surface area (Å²) in [6.45, 7) is 1.59. The molecule has 0 spiro atoms. The number of ether oxygens (including phenoxy) is 2. The lowest BCUT2D eigenvalue weighted by molar-refractivity contribution is 0.0953. The Balaban J connectivity index is 1.40. The second-order valence-corrected chi connectivity index (χ2v) is 9.52. The normalized spacial score (nSPS) is 17.2. The van der Waals surface area contributed by atoms with Gasteiger partial charge in [-0.25, -0.2) is 0 Å². The van der Waals surface area contributed by atoms with Crippen LogP contribution in [0.15, 0.2) is 78.0 Å². The SMILES string of the molecule is COc1ccc(-c2nnc(SC3c4ccccc4-c4ccccc43)n2CC2CCCO2)cc1. The summed E-state index contributed by atoms with van der Waals surface area (Å²) < 4.78 is 13.6. The molecule has 1 aromatic heterocycles. The Kier molecular flexibility index (Phi) is 5.40. The minimum atomic E-state index is 0.188. The van der Waals surface area contributed by atoms with E-state index in [1.54, 1.807) is 18.9 Å². The number of methoxy groups -OCH3 is 1. The quantitative estimate of drug-likeness (QED) is 0.357. The van der Waals surface area contributed by atoms with Gasteiger partial charge < -0.3 is 9.47 Å². The van der Waals surface area contributed by atoms with E-state index in [0.717, 1.165) is 48.3 Å². The molecule has 5 nitrogen and oxygen atoms in total. The van der Waals surface area contributed by atoms with E-state index in [1.165, 1.54) is 22.3 Å². The number of aromatic nitrogens is 3. The largest absolute Gasteiger partial charge is 0.497 e. The fraction of sp³-hybridized carbons (Fsp3) is 0.259. The van der Waals surface area contributed by atoms with Gasteiger partial charge in [-0.1, -0.05) is 60.3 Å². The smallest absolute Gasteiger partial charge is 0.192 e. The van der Waals surface area contributed by atoms with Gasteiger partial charge >= 0.3 is 0 Å². The van der Waals surface area contributed by atoms with Crippen LogP contribution in [0.3, 0.4) is 0 Å². The highest BCUT2D eigenvalue weighted by Crippen LogP contribution is 2.52. The maximum absolute atomic E-state index is 5.99. The fourth-order valence-electron chi connectivity index (χ4n) is 4.83. The Labute approximate surface area is 197 Å². The van der Waals surface area contributed by atoms with Gasteiger partial charge in [0.1, 0.15) is 5.75 Å². The minimum Gasteiger partial charge on any atom is -0.497 e. The molecule has 3 aromatic carbocycles. The number of thioether (sulfide) groups is 1. The lowest BCUT2D eigenvalue weighted by Crippen LogP contribution is -2.17. The molecule has 1 unspecified atom stereocenters. The van der Waals surface area contributed by atoms with E-state index < -0.39 is 0 Å². The van der Waals surface area contributed by atoms with Crippen LogP contribution in [0.2, 0.25) is 0 Å². The average molecular weight is 456 g/mol. The third-order valence-corrected chi connectivity index (χ3v) is 7.73. The second-order valence-electron chi connectivity index (χ2n) is 8.45. The molecular weight excluding hydrogens is 430 g/mol. The van der Waals surface area contributed by atoms with Gasteiger partial charge in [0.05, 0.1) is 25.0 Å². The summed E-state index contributed by atoms with van der Waals surface area (Å²) >= 11 is 1.78. The standard InChI is InChI=1S/C27H25N3O2S/c1-31-19-14-12-18(13-15-19)26-28-29-27(30(26)17-20-7-6-16-32-20)33-25-23-10-4-2-8-21(23)22-9-3-5-11-24(22)25/h2-5,8-15,20,25H,6-7,16-17H2,1H3. The van der Waals surface area contributed by atoms with Gasteiger partial charge in [-0.2, -0.15) is 0 Å². The lowest BCUT2D eigenvalue weighted by atomic mass is 10.1. The number of hydrogen-bond donors (Lipinski definition) is 0. The van der Waals surface area contributed by atoms with Gasteiger partial charge in [-0.05, 0) is 59.4 Å². The van der Waals surface area contributed by atoms with Gasteiger partial charge in [0.2, 0.25) is 0 Å². The lowest BCUT2D eigenvalue weighted by Gasteiger charge is -2.17. The van der Waals surface area contributed by atoms with Crippen LogP contribution in [0.1, 0.15) is 29.2 Å². The summed E-state index contributed by atoms with van der Waals surface area (Å²) in [5.41, 5.74) is 6.32. The monoisotopic (exact) mass is 455 g/mol. The van der Waals surface area contributed by atoms with Crippen LogP contribution in [0.5, 0.6) is 5.75 Å². The first-order valence-electron chi connectivity index (χ1n) is 11.4. The molecule has 0 bridgehead atoms. The Morgan fingerprint density at radius 2 is 1.64 bits per heavy atom. The molecule has 0 amide bonds. The predicted molar refractivity (Wildman–Crippen MR) is 131 cm³/mol. The van der Waals surface area contributed by atoms with Crippen LogP contribution < -0.4 is 4.74 Å². The van der Waals surface area contributed by atoms with Crippen LogP contribution in [0.4, 0.5) is 0 Å². The van der Waals surface area contributed by atoms with Gasteiger partial charge in [0, 0.05) is 12.2 Å². The zero-order valence-electron chi connectivity index (χ0n) is 18.5. The third kappa shape index (κ3) is 3.73. The zero-order valence-corrected chi connectivity index (χ0v) is 19.3. The minimum absolute atomic E-state index is 0.188. The van der Waals surface area contributed by atoms with Crippen molar-refractivity contribution >= 4 is 11.8 Å². The Morgan fingerprint density at radius 1 is 0.939 bits per heavy atom. The Bertz CT molecular complexity index is 1230. The van der Waals surface area contributed by atoms with Crippen LogP contribution in [-0.4, -0.2) is 34.6 Å². The second kappa shape index (κ2) is 8.69. The highest BCUT2D eigenvalue weighted by molar-refractivity contribution is 7.99. The van der Waals surface area contributed by atoms with Crippen molar-refractivity contribution in [3.05, 3.63) is 83.9 Å². The summed E-state index contributed by atoms with van der Waals surface area (Å²) in [6.07, 6.45) is 2.37. The Hall–Kier alpha value is -3.09. The molecule has 0 radical (unpaired) electrons. The first-order chi connectivity index (χ1) is 16.3. The highest BCUT2D eigenvalue weighted by atomic mass is 32.2. The first kappa shape index (κ1) is 20.5. The molecular formula is C27H25N3O2S. The fourth-order valence-corrected chi connectivity index (χ4v) is 6.08. The van der Waals surface area contributed by atoms with Gasteiger partial charge in [0.15, 0.2) is 11.0 Å². The molecule has 1 saturated heterocycles. The molecule has 1 atom stereocenters. The molecule has 6 rings (SSSR count). The number of rotatable bonds is 6. The van der Waals surface area contributed by atoms with Crippen LogP contribution in [0, 0.1) is 0 Å². The number of benzene rings is 3. The third-order valence-electron chi connectivity index (χ3n) is 6.48. The molecule has 0 N–H and O–H groups in total. The van der Waals surface area contributed by atoms with Crippen molar-refractivity contribution in [3.63, 3.8) is 0 Å². The van der Waals surface area contributed by atoms with E-state index in [9.17, 15) is 0 Å². The molecule has 2 heterocycles. The summed E-state index contributed by atoms with van der Waals surface area (Å²) in [5.74, 6) is 1.70. The zero-order chi connectivity index (χ0) is 22.2. The molecule has 2 aliphatic rings. The van der Waals surface area contributed by atoms with E-state index in [1.807, 2.05) is 24.3 Å². The average Bonchev–Trinajstić information content (AvgIpc) is 3.60. The summed E-state index contributed by atoms with van der Waals surface area (Å²) in [7, 11) is 1.68. The molecule has 4 aromatic rings. The summed E-state index contributed by atoms with van der Waals surface area (Å²) in [4.78, 5) is 0. The van der Waals surface area contributed by atoms with E-state index in [-0.39, 0.29) is 11.4 Å². The molecule has 6 heteroatoms. The van der Waals surface area contributed by atoms with Crippen LogP contribution in [-0.2, 0) is 11.3 Å². The van der Waals surface area contributed by atoms with Gasteiger partial charge in [0.25, 0.3) is 0 Å². The van der Waals surface area contributed by atoms with E-state index in [0.29, 0.717) is 0 Å². The number of nitrogens with zero attached hydrogens (tertiary/aromatic N) is 3. The van der Waals surface area contributed by atoms with Crippen LogP contribution in [0.25, 0.3) is 22.5 Å². The topological polar surface area (TPSA) is 49.2 Å². The predicted octanol–water partition coefficient (Wildman–Crippen LogP) is 5.99. The molecule has 1 aliphatic carbocycles. The van der Waals surface area contributed by atoms with Crippen molar-refractivity contribution in [1.82, 2.24) is 14.8 Å². The van der Waals surface area contributed by atoms with Gasteiger partial charge in [-0.15, -0.1) is 10.2 Å². The van der Waals surface area contributed by atoms with Crippen molar-refractivity contribution in [2.45, 2.75) is 35.9 Å². The van der Waals surface area contributed by atoms with E-state index >= 15 is 0 Å².